The minimum atomic E-state index is -0.929. The first-order valence-electron chi connectivity index (χ1n) is 10.5. The molecule has 2 N–H and O–H groups in total. The van der Waals surface area contributed by atoms with Gasteiger partial charge in [0.1, 0.15) is 11.4 Å². The molecule has 1 saturated carbocycles. The van der Waals surface area contributed by atoms with Crippen molar-refractivity contribution in [2.24, 2.45) is 17.8 Å². The highest BCUT2D eigenvalue weighted by molar-refractivity contribution is 9.10. The zero-order chi connectivity index (χ0) is 22.3. The molecule has 1 aromatic rings. The summed E-state index contributed by atoms with van der Waals surface area (Å²) in [7, 11) is 0. The van der Waals surface area contributed by atoms with Crippen molar-refractivity contribution in [3.63, 3.8) is 0 Å². The molecule has 0 spiro atoms. The summed E-state index contributed by atoms with van der Waals surface area (Å²) in [5, 5.41) is 12.4. The Hall–Kier alpha value is -1.89. The second-order valence-corrected chi connectivity index (χ2v) is 10.1. The van der Waals surface area contributed by atoms with Crippen molar-refractivity contribution >= 4 is 33.8 Å². The SMILES string of the molecule is CC(C)(C)OC(=O)NCC1CCC(C(=O)C[C@@H](Cc2ccc(Br)cc2)C(=O)O)CC1. The average molecular weight is 482 g/mol. The lowest BCUT2D eigenvalue weighted by molar-refractivity contribution is -0.144. The van der Waals surface area contributed by atoms with E-state index < -0.39 is 23.6 Å². The van der Waals surface area contributed by atoms with E-state index in [4.69, 9.17) is 4.74 Å². The Labute approximate surface area is 186 Å². The number of hydrogen-bond acceptors (Lipinski definition) is 4. The predicted octanol–water partition coefficient (Wildman–Crippen LogP) is 4.98. The minimum absolute atomic E-state index is 0.0399. The monoisotopic (exact) mass is 481 g/mol. The highest BCUT2D eigenvalue weighted by Gasteiger charge is 2.30. The van der Waals surface area contributed by atoms with Gasteiger partial charge in [-0.25, -0.2) is 4.79 Å². The maximum absolute atomic E-state index is 12.7. The number of nitrogens with one attached hydrogen (secondary N) is 1. The van der Waals surface area contributed by atoms with Gasteiger partial charge >= 0.3 is 12.1 Å². The van der Waals surface area contributed by atoms with Gasteiger partial charge in [0.05, 0.1) is 5.92 Å². The van der Waals surface area contributed by atoms with E-state index in [0.717, 1.165) is 35.7 Å². The molecule has 1 atom stereocenters. The van der Waals surface area contributed by atoms with E-state index in [9.17, 15) is 19.5 Å². The van der Waals surface area contributed by atoms with Crippen LogP contribution in [-0.4, -0.2) is 35.1 Å². The van der Waals surface area contributed by atoms with Crippen LogP contribution in [0, 0.1) is 17.8 Å². The van der Waals surface area contributed by atoms with E-state index in [-0.39, 0.29) is 18.1 Å². The van der Waals surface area contributed by atoms with Gasteiger partial charge in [-0.15, -0.1) is 0 Å². The Morgan fingerprint density at radius 2 is 1.73 bits per heavy atom. The number of ether oxygens (including phenoxy) is 1. The van der Waals surface area contributed by atoms with Gasteiger partial charge in [0.15, 0.2) is 0 Å². The van der Waals surface area contributed by atoms with E-state index in [1.54, 1.807) is 0 Å². The molecule has 0 aliphatic heterocycles. The van der Waals surface area contributed by atoms with Crippen LogP contribution in [-0.2, 0) is 20.7 Å². The highest BCUT2D eigenvalue weighted by Crippen LogP contribution is 2.31. The van der Waals surface area contributed by atoms with Crippen LogP contribution in [0.3, 0.4) is 0 Å². The van der Waals surface area contributed by atoms with Gasteiger partial charge in [-0.2, -0.15) is 0 Å². The summed E-state index contributed by atoms with van der Waals surface area (Å²) >= 11 is 3.37. The van der Waals surface area contributed by atoms with Crippen molar-refractivity contribution in [1.82, 2.24) is 5.32 Å². The van der Waals surface area contributed by atoms with Gasteiger partial charge in [0.25, 0.3) is 0 Å². The molecule has 1 fully saturated rings. The summed E-state index contributed by atoms with van der Waals surface area (Å²) in [6.45, 7) is 6.01. The zero-order valence-corrected chi connectivity index (χ0v) is 19.5. The van der Waals surface area contributed by atoms with Crippen LogP contribution in [0.1, 0.15) is 58.4 Å². The lowest BCUT2D eigenvalue weighted by Crippen LogP contribution is -2.36. The van der Waals surface area contributed by atoms with Gasteiger partial charge < -0.3 is 15.2 Å². The first-order valence-corrected chi connectivity index (χ1v) is 11.3. The number of carboxylic acids is 1. The van der Waals surface area contributed by atoms with E-state index in [1.807, 2.05) is 45.0 Å². The van der Waals surface area contributed by atoms with E-state index in [0.29, 0.717) is 18.9 Å². The molecule has 0 unspecified atom stereocenters. The van der Waals surface area contributed by atoms with E-state index in [1.165, 1.54) is 0 Å². The first-order chi connectivity index (χ1) is 14.0. The number of rotatable bonds is 8. The van der Waals surface area contributed by atoms with Crippen LogP contribution in [0.15, 0.2) is 28.7 Å². The Morgan fingerprint density at radius 1 is 1.13 bits per heavy atom. The Morgan fingerprint density at radius 3 is 2.27 bits per heavy atom. The van der Waals surface area contributed by atoms with Crippen LogP contribution in [0.2, 0.25) is 0 Å². The molecule has 30 heavy (non-hydrogen) atoms. The smallest absolute Gasteiger partial charge is 0.407 e. The van der Waals surface area contributed by atoms with Gasteiger partial charge in [0, 0.05) is 23.4 Å². The molecule has 1 aliphatic carbocycles. The number of carboxylic acid groups (broad SMARTS) is 1. The van der Waals surface area contributed by atoms with Crippen molar-refractivity contribution in [2.75, 3.05) is 6.54 Å². The zero-order valence-electron chi connectivity index (χ0n) is 17.9. The molecule has 1 amide bonds. The lowest BCUT2D eigenvalue weighted by Gasteiger charge is -2.29. The summed E-state index contributed by atoms with van der Waals surface area (Å²) in [6, 6.07) is 7.52. The Bertz CT molecular complexity index is 733. The molecule has 0 radical (unpaired) electrons. The molecule has 7 heteroatoms. The summed E-state index contributed by atoms with van der Waals surface area (Å²) in [6.07, 6.45) is 3.17. The second-order valence-electron chi connectivity index (χ2n) is 9.14. The molecule has 0 bridgehead atoms. The number of alkyl carbamates (subject to hydrolysis) is 1. The van der Waals surface area contributed by atoms with Crippen molar-refractivity contribution in [1.29, 1.82) is 0 Å². The summed E-state index contributed by atoms with van der Waals surface area (Å²) in [4.78, 5) is 36.2. The molecule has 1 aromatic carbocycles. The number of carbonyl (C=O) groups is 3. The number of Topliss-reactive ketones (excluding diaryl/α,β-unsaturated/α-hetero) is 1. The number of benzene rings is 1. The van der Waals surface area contributed by atoms with Crippen molar-refractivity contribution in [3.8, 4) is 0 Å². The normalized spacial score (nSPS) is 20.3. The molecule has 1 aliphatic rings. The number of halogens is 1. The summed E-state index contributed by atoms with van der Waals surface area (Å²) in [5.41, 5.74) is 0.390. The Kier molecular flexibility index (Phi) is 8.89. The Balaban J connectivity index is 1.78. The highest BCUT2D eigenvalue weighted by atomic mass is 79.9. The molecule has 0 saturated heterocycles. The molecule has 166 valence electrons. The molecular weight excluding hydrogens is 450 g/mol. The van der Waals surface area contributed by atoms with Gasteiger partial charge in [-0.3, -0.25) is 9.59 Å². The van der Waals surface area contributed by atoms with Crippen LogP contribution in [0.25, 0.3) is 0 Å². The summed E-state index contributed by atoms with van der Waals surface area (Å²) < 4.78 is 6.18. The average Bonchev–Trinajstić information content (AvgIpc) is 2.66. The van der Waals surface area contributed by atoms with Gasteiger partial charge in [0.2, 0.25) is 0 Å². The molecule has 2 rings (SSSR count). The van der Waals surface area contributed by atoms with Crippen LogP contribution >= 0.6 is 15.9 Å². The topological polar surface area (TPSA) is 92.7 Å². The molecule has 0 aromatic heterocycles. The second kappa shape index (κ2) is 10.9. The maximum atomic E-state index is 12.7. The van der Waals surface area contributed by atoms with Gasteiger partial charge in [-0.1, -0.05) is 28.1 Å². The van der Waals surface area contributed by atoms with Gasteiger partial charge in [-0.05, 0) is 76.5 Å². The fourth-order valence-corrected chi connectivity index (χ4v) is 4.06. The number of carbonyl (C=O) groups excluding carboxylic acids is 2. The van der Waals surface area contributed by atoms with Crippen molar-refractivity contribution in [2.45, 2.75) is 64.9 Å². The predicted molar refractivity (Wildman–Crippen MR) is 118 cm³/mol. The number of hydrogen-bond donors (Lipinski definition) is 2. The molecular formula is C23H32BrNO5. The van der Waals surface area contributed by atoms with Crippen LogP contribution < -0.4 is 5.32 Å². The molecule has 6 nitrogen and oxygen atoms in total. The lowest BCUT2D eigenvalue weighted by atomic mass is 9.78. The van der Waals surface area contributed by atoms with Crippen molar-refractivity contribution < 1.29 is 24.2 Å². The number of ketones is 1. The van der Waals surface area contributed by atoms with E-state index >= 15 is 0 Å². The largest absolute Gasteiger partial charge is 0.481 e. The standard InChI is InChI=1S/C23H32BrNO5/c1-23(2,3)30-22(29)25-14-16-4-8-17(9-5-16)20(26)13-18(21(27)28)12-15-6-10-19(24)11-7-15/h6-7,10-11,16-18H,4-5,8-9,12-14H2,1-3H3,(H,25,29)(H,27,28)/t16?,17?,18-/m1/s1. The van der Waals surface area contributed by atoms with Crippen molar-refractivity contribution in [3.05, 3.63) is 34.3 Å². The third-order valence-corrected chi connectivity index (χ3v) is 5.96. The number of aliphatic carboxylic acids is 1. The third kappa shape index (κ3) is 8.46. The fourth-order valence-electron chi connectivity index (χ4n) is 3.79. The van der Waals surface area contributed by atoms with E-state index in [2.05, 4.69) is 21.2 Å². The summed E-state index contributed by atoms with van der Waals surface area (Å²) in [5.74, 6) is -1.36. The maximum Gasteiger partial charge on any atom is 0.407 e. The van der Waals surface area contributed by atoms with Crippen LogP contribution in [0.5, 0.6) is 0 Å². The third-order valence-electron chi connectivity index (χ3n) is 5.43. The molecule has 0 heterocycles. The number of amides is 1. The quantitative estimate of drug-likeness (QED) is 0.545. The fraction of sp³-hybridized carbons (Fsp3) is 0.609. The first kappa shape index (κ1) is 24.4. The van der Waals surface area contributed by atoms with Crippen LogP contribution in [0.4, 0.5) is 4.79 Å². The minimum Gasteiger partial charge on any atom is -0.481 e.